The summed E-state index contributed by atoms with van der Waals surface area (Å²) in [4.78, 5) is 31.6. The van der Waals surface area contributed by atoms with Crippen molar-refractivity contribution in [2.45, 2.75) is 33.1 Å². The molecule has 4 rings (SSSR count). The number of fused-ring (bicyclic) bond motifs is 1. The van der Waals surface area contributed by atoms with E-state index >= 15 is 0 Å². The van der Waals surface area contributed by atoms with Crippen LogP contribution in [0, 0.1) is 11.8 Å². The lowest BCUT2D eigenvalue weighted by Gasteiger charge is -2.32. The van der Waals surface area contributed by atoms with Crippen LogP contribution in [-0.4, -0.2) is 34.7 Å². The Balaban J connectivity index is 1.47. The molecule has 1 aliphatic heterocycles. The largest absolute Gasteiger partial charge is 0.454 e. The number of amides is 1. The molecule has 0 saturated carbocycles. The molecule has 29 heavy (non-hydrogen) atoms. The highest BCUT2D eigenvalue weighted by atomic mass is 16.3. The lowest BCUT2D eigenvalue weighted by atomic mass is 9.89. The maximum Gasteiger partial charge on any atom is 0.255 e. The fourth-order valence-electron chi connectivity index (χ4n) is 3.95. The van der Waals surface area contributed by atoms with Crippen LogP contribution in [0.3, 0.4) is 0 Å². The summed E-state index contributed by atoms with van der Waals surface area (Å²) < 4.78 is 5.85. The van der Waals surface area contributed by atoms with Crippen LogP contribution in [0.1, 0.15) is 43.5 Å². The van der Waals surface area contributed by atoms with Gasteiger partial charge in [-0.15, -0.1) is 0 Å². The highest BCUT2D eigenvalue weighted by Gasteiger charge is 2.29. The van der Waals surface area contributed by atoms with Gasteiger partial charge in [0.15, 0.2) is 5.76 Å². The summed E-state index contributed by atoms with van der Waals surface area (Å²) >= 11 is 0. The lowest BCUT2D eigenvalue weighted by Crippen LogP contribution is -2.42. The number of carbonyl (C=O) groups is 2. The van der Waals surface area contributed by atoms with Crippen LogP contribution < -0.4 is 0 Å². The van der Waals surface area contributed by atoms with Crippen molar-refractivity contribution in [3.8, 4) is 11.5 Å². The highest BCUT2D eigenvalue weighted by molar-refractivity contribution is 5.95. The highest BCUT2D eigenvalue weighted by Crippen LogP contribution is 2.27. The van der Waals surface area contributed by atoms with E-state index in [1.807, 2.05) is 36.4 Å². The van der Waals surface area contributed by atoms with Gasteiger partial charge in [-0.05, 0) is 43.0 Å². The van der Waals surface area contributed by atoms with Crippen LogP contribution >= 0.6 is 0 Å². The number of pyridine rings is 1. The molecular weight excluding hydrogens is 364 g/mol. The Morgan fingerprint density at radius 1 is 1.21 bits per heavy atom. The molecule has 0 spiro atoms. The fraction of sp³-hybridized carbons (Fsp3) is 0.375. The minimum Gasteiger partial charge on any atom is -0.454 e. The van der Waals surface area contributed by atoms with E-state index in [0.29, 0.717) is 42.4 Å². The molecule has 0 radical (unpaired) electrons. The quantitative estimate of drug-likeness (QED) is 0.617. The Bertz CT molecular complexity index is 987. The van der Waals surface area contributed by atoms with Crippen LogP contribution in [0.5, 0.6) is 0 Å². The van der Waals surface area contributed by atoms with Gasteiger partial charge in [-0.2, -0.15) is 0 Å². The van der Waals surface area contributed by atoms with Crippen molar-refractivity contribution in [1.29, 1.82) is 0 Å². The zero-order valence-electron chi connectivity index (χ0n) is 16.9. The minimum absolute atomic E-state index is 0.0436. The minimum atomic E-state index is -0.0595. The van der Waals surface area contributed by atoms with Gasteiger partial charge in [-0.3, -0.25) is 14.6 Å². The number of aromatic nitrogens is 1. The Labute approximate surface area is 170 Å². The van der Waals surface area contributed by atoms with Crippen LogP contribution in [0.4, 0.5) is 0 Å². The number of ketones is 1. The van der Waals surface area contributed by atoms with Crippen LogP contribution in [0.25, 0.3) is 22.4 Å². The average Bonchev–Trinajstić information content (AvgIpc) is 3.17. The summed E-state index contributed by atoms with van der Waals surface area (Å²) in [6, 6.07) is 13.4. The summed E-state index contributed by atoms with van der Waals surface area (Å²) in [5, 5.41) is 1.02. The van der Waals surface area contributed by atoms with Crippen LogP contribution in [0.2, 0.25) is 0 Å². The zero-order valence-corrected chi connectivity index (χ0v) is 16.9. The van der Waals surface area contributed by atoms with Crippen molar-refractivity contribution >= 4 is 22.7 Å². The predicted octanol–water partition coefficient (Wildman–Crippen LogP) is 4.96. The van der Waals surface area contributed by atoms with E-state index < -0.39 is 0 Å². The van der Waals surface area contributed by atoms with Crippen molar-refractivity contribution in [2.75, 3.05) is 13.1 Å². The smallest absolute Gasteiger partial charge is 0.255 e. The molecule has 1 atom stereocenters. The first-order valence-corrected chi connectivity index (χ1v) is 10.3. The summed E-state index contributed by atoms with van der Waals surface area (Å²) in [5.74, 6) is 1.20. The molecule has 0 N–H and O–H groups in total. The lowest BCUT2D eigenvalue weighted by molar-refractivity contribution is -0.124. The Morgan fingerprint density at radius 3 is 2.76 bits per heavy atom. The van der Waals surface area contributed by atoms with Crippen molar-refractivity contribution in [3.05, 3.63) is 54.2 Å². The first-order valence-electron chi connectivity index (χ1n) is 10.3. The second kappa shape index (κ2) is 8.19. The average molecular weight is 390 g/mol. The molecule has 1 fully saturated rings. The molecule has 3 heterocycles. The summed E-state index contributed by atoms with van der Waals surface area (Å²) in [7, 11) is 0. The van der Waals surface area contributed by atoms with Crippen molar-refractivity contribution in [1.82, 2.24) is 9.88 Å². The Kier molecular flexibility index (Phi) is 5.47. The first-order chi connectivity index (χ1) is 14.0. The van der Waals surface area contributed by atoms with E-state index in [0.717, 1.165) is 23.8 Å². The molecular formula is C24H26N2O3. The fourth-order valence-corrected chi connectivity index (χ4v) is 3.95. The Morgan fingerprint density at radius 2 is 2.03 bits per heavy atom. The van der Waals surface area contributed by atoms with Crippen LogP contribution in [-0.2, 0) is 4.79 Å². The normalized spacial score (nSPS) is 17.1. The molecule has 1 aliphatic rings. The van der Waals surface area contributed by atoms with Gasteiger partial charge in [0.2, 0.25) is 0 Å². The number of rotatable bonds is 5. The van der Waals surface area contributed by atoms with Crippen LogP contribution in [0.15, 0.2) is 53.1 Å². The van der Waals surface area contributed by atoms with Gasteiger partial charge in [-0.25, -0.2) is 0 Å². The molecule has 1 saturated heterocycles. The number of hydrogen-bond donors (Lipinski definition) is 0. The van der Waals surface area contributed by atoms with E-state index in [2.05, 4.69) is 18.8 Å². The number of piperidine rings is 1. The number of hydrogen-bond acceptors (Lipinski definition) is 4. The molecule has 1 amide bonds. The topological polar surface area (TPSA) is 63.4 Å². The van der Waals surface area contributed by atoms with Crippen molar-refractivity contribution in [3.63, 3.8) is 0 Å². The Hall–Kier alpha value is -2.95. The van der Waals surface area contributed by atoms with Gasteiger partial charge in [0.25, 0.3) is 5.91 Å². The van der Waals surface area contributed by atoms with Gasteiger partial charge >= 0.3 is 0 Å². The van der Waals surface area contributed by atoms with Gasteiger partial charge in [0.05, 0.1) is 5.56 Å². The molecule has 0 unspecified atom stereocenters. The van der Waals surface area contributed by atoms with E-state index in [-0.39, 0.29) is 17.6 Å². The summed E-state index contributed by atoms with van der Waals surface area (Å²) in [5.41, 5.74) is 2.05. The van der Waals surface area contributed by atoms with E-state index in [1.165, 1.54) is 0 Å². The van der Waals surface area contributed by atoms with Gasteiger partial charge in [0.1, 0.15) is 17.1 Å². The predicted molar refractivity (Wildman–Crippen MR) is 113 cm³/mol. The van der Waals surface area contributed by atoms with Gasteiger partial charge in [-0.1, -0.05) is 32.0 Å². The number of para-hydroxylation sites is 1. The number of likely N-dealkylation sites (tertiary alicyclic amines) is 1. The zero-order chi connectivity index (χ0) is 20.4. The van der Waals surface area contributed by atoms with Gasteiger partial charge in [0, 0.05) is 37.0 Å². The first kappa shape index (κ1) is 19.4. The number of furan rings is 1. The number of benzene rings is 1. The molecule has 5 nitrogen and oxygen atoms in total. The monoisotopic (exact) mass is 390 g/mol. The van der Waals surface area contributed by atoms with E-state index in [1.54, 1.807) is 17.2 Å². The maximum atomic E-state index is 12.9. The third-order valence-electron chi connectivity index (χ3n) is 5.46. The third-order valence-corrected chi connectivity index (χ3v) is 5.46. The van der Waals surface area contributed by atoms with Crippen molar-refractivity contribution in [2.24, 2.45) is 11.8 Å². The summed E-state index contributed by atoms with van der Waals surface area (Å²) in [6.07, 6.45) is 3.92. The molecule has 150 valence electrons. The molecule has 5 heteroatoms. The second-order valence-electron chi connectivity index (χ2n) is 8.24. The third kappa shape index (κ3) is 4.24. The molecule has 0 bridgehead atoms. The molecule has 3 aromatic rings. The number of carbonyl (C=O) groups excluding carboxylic acids is 2. The number of nitrogens with zero attached hydrogens (tertiary/aromatic N) is 2. The van der Waals surface area contributed by atoms with Crippen molar-refractivity contribution < 1.29 is 14.0 Å². The van der Waals surface area contributed by atoms with E-state index in [9.17, 15) is 9.59 Å². The molecule has 2 aromatic heterocycles. The second-order valence-corrected chi connectivity index (χ2v) is 8.24. The van der Waals surface area contributed by atoms with Gasteiger partial charge < -0.3 is 9.32 Å². The molecule has 1 aromatic carbocycles. The standard InChI is InChI=1S/C24H26N2O3/c1-16(2)12-21(27)19-7-5-11-26(15-19)24(28)18-9-10-20(25-14-18)23-13-17-6-3-4-8-22(17)29-23/h3-4,6,8-10,13-14,16,19H,5,7,11-12,15H2,1-2H3/t19-/m0/s1. The number of Topliss-reactive ketones (excluding diaryl/α,β-unsaturated/α-hetero) is 1. The van der Waals surface area contributed by atoms with E-state index in [4.69, 9.17) is 4.42 Å². The SMILES string of the molecule is CC(C)CC(=O)[C@H]1CCCN(C(=O)c2ccc(-c3cc4ccccc4o3)nc2)C1. The summed E-state index contributed by atoms with van der Waals surface area (Å²) in [6.45, 7) is 5.31. The maximum absolute atomic E-state index is 12.9. The molecule has 0 aliphatic carbocycles.